The number of phenolic OH excluding ortho intramolecular Hbond substituents is 2. The van der Waals surface area contributed by atoms with Gasteiger partial charge in [-0.2, -0.15) is 0 Å². The lowest BCUT2D eigenvalue weighted by Gasteiger charge is -2.35. The molecule has 2 unspecified atom stereocenters. The number of hydrogen-bond donors (Lipinski definition) is 3. The van der Waals surface area contributed by atoms with E-state index in [0.717, 1.165) is 68.9 Å². The minimum Gasteiger partial charge on any atom is -0.504 e. The second-order valence-electron chi connectivity index (χ2n) is 9.62. The maximum atomic E-state index is 10.2. The Balaban J connectivity index is 1.10. The van der Waals surface area contributed by atoms with Crippen LogP contribution < -0.4 is 14.8 Å². The molecule has 1 aliphatic carbocycles. The molecule has 0 spiro atoms. The van der Waals surface area contributed by atoms with Crippen LogP contribution in [0.2, 0.25) is 0 Å². The van der Waals surface area contributed by atoms with Gasteiger partial charge in [-0.3, -0.25) is 0 Å². The summed E-state index contributed by atoms with van der Waals surface area (Å²) in [5.74, 6) is 1.76. The molecular formula is C28H40N2O4. The van der Waals surface area contributed by atoms with Crippen LogP contribution in [-0.2, 0) is 12.8 Å². The van der Waals surface area contributed by atoms with Gasteiger partial charge in [-0.15, -0.1) is 0 Å². The number of hydrogen-bond acceptors (Lipinski definition) is 6. The van der Waals surface area contributed by atoms with Crippen molar-refractivity contribution >= 4 is 0 Å². The summed E-state index contributed by atoms with van der Waals surface area (Å²) in [4.78, 5) is 2.64. The molecule has 3 N–H and O–H groups in total. The van der Waals surface area contributed by atoms with Crippen LogP contribution in [0, 0.1) is 0 Å². The maximum absolute atomic E-state index is 10.2. The van der Waals surface area contributed by atoms with Gasteiger partial charge in [-0.05, 0) is 81.9 Å². The molecule has 0 amide bonds. The van der Waals surface area contributed by atoms with Crippen molar-refractivity contribution in [2.24, 2.45) is 0 Å². The van der Waals surface area contributed by atoms with Gasteiger partial charge in [-0.1, -0.05) is 38.0 Å². The summed E-state index contributed by atoms with van der Waals surface area (Å²) in [5.41, 5.74) is 2.13. The highest BCUT2D eigenvalue weighted by molar-refractivity contribution is 5.50. The minimum absolute atomic E-state index is 0.00189. The van der Waals surface area contributed by atoms with Crippen molar-refractivity contribution < 1.29 is 19.7 Å². The van der Waals surface area contributed by atoms with Crippen molar-refractivity contribution in [3.63, 3.8) is 0 Å². The van der Waals surface area contributed by atoms with E-state index in [4.69, 9.17) is 9.47 Å². The molecule has 0 aromatic heterocycles. The van der Waals surface area contributed by atoms with Crippen LogP contribution in [0.1, 0.15) is 56.6 Å². The molecule has 6 heteroatoms. The Morgan fingerprint density at radius 2 is 1.82 bits per heavy atom. The first-order valence-electron chi connectivity index (χ1n) is 13.0. The van der Waals surface area contributed by atoms with Gasteiger partial charge in [0.05, 0.1) is 0 Å². The number of ether oxygens (including phenoxy) is 2. The van der Waals surface area contributed by atoms with E-state index in [1.807, 2.05) is 30.3 Å². The number of nitrogens with zero attached hydrogens (tertiary/aromatic N) is 1. The van der Waals surface area contributed by atoms with E-state index in [1.54, 1.807) is 6.07 Å². The topological polar surface area (TPSA) is 74.2 Å². The molecule has 2 atom stereocenters. The molecule has 1 aliphatic heterocycles. The number of rotatable bonds is 12. The number of aromatic hydroxyl groups is 2. The first kappa shape index (κ1) is 24.7. The Labute approximate surface area is 203 Å². The van der Waals surface area contributed by atoms with E-state index in [-0.39, 0.29) is 17.6 Å². The molecule has 6 nitrogen and oxygen atoms in total. The van der Waals surface area contributed by atoms with E-state index in [1.165, 1.54) is 31.2 Å². The number of unbranched alkanes of at least 4 members (excludes halogenated alkanes) is 3. The van der Waals surface area contributed by atoms with Gasteiger partial charge in [-0.25, -0.2) is 0 Å². The van der Waals surface area contributed by atoms with Crippen LogP contribution in [0.3, 0.4) is 0 Å². The van der Waals surface area contributed by atoms with Crippen LogP contribution in [0.15, 0.2) is 36.4 Å². The molecule has 0 fully saturated rings. The molecule has 0 saturated carbocycles. The van der Waals surface area contributed by atoms with Crippen LogP contribution >= 0.6 is 0 Å². The molecule has 186 valence electrons. The van der Waals surface area contributed by atoms with Gasteiger partial charge in [0.2, 0.25) is 0 Å². The number of para-hydroxylation sites is 2. The van der Waals surface area contributed by atoms with Gasteiger partial charge in [0.15, 0.2) is 23.0 Å². The Morgan fingerprint density at radius 3 is 2.68 bits per heavy atom. The quantitative estimate of drug-likeness (QED) is 0.311. The van der Waals surface area contributed by atoms with Crippen molar-refractivity contribution in [2.75, 3.05) is 32.8 Å². The highest BCUT2D eigenvalue weighted by Gasteiger charge is 2.26. The third-order valence-electron chi connectivity index (χ3n) is 7.06. The van der Waals surface area contributed by atoms with Gasteiger partial charge < -0.3 is 29.9 Å². The average molecular weight is 469 g/mol. The lowest BCUT2D eigenvalue weighted by atomic mass is 9.86. The predicted molar refractivity (Wildman–Crippen MR) is 135 cm³/mol. The molecule has 1 heterocycles. The number of nitrogens with one attached hydrogen (secondary N) is 1. The predicted octanol–water partition coefficient (Wildman–Crippen LogP) is 4.66. The molecule has 2 aromatic carbocycles. The fourth-order valence-corrected chi connectivity index (χ4v) is 5.22. The summed E-state index contributed by atoms with van der Waals surface area (Å²) in [6.45, 7) is 6.93. The second kappa shape index (κ2) is 12.3. The summed E-state index contributed by atoms with van der Waals surface area (Å²) < 4.78 is 11.8. The summed E-state index contributed by atoms with van der Waals surface area (Å²) in [7, 11) is 0. The Hall–Kier alpha value is -2.44. The minimum atomic E-state index is 0.00189. The summed E-state index contributed by atoms with van der Waals surface area (Å²) in [6, 6.07) is 12.0. The summed E-state index contributed by atoms with van der Waals surface area (Å²) in [6.07, 6.45) is 8.96. The molecular weight excluding hydrogens is 428 g/mol. The van der Waals surface area contributed by atoms with Crippen LogP contribution in [-0.4, -0.2) is 60.0 Å². The summed E-state index contributed by atoms with van der Waals surface area (Å²) >= 11 is 0. The van der Waals surface area contributed by atoms with Gasteiger partial charge >= 0.3 is 0 Å². The zero-order valence-corrected chi connectivity index (χ0v) is 20.5. The maximum Gasteiger partial charge on any atom is 0.161 e. The number of fused-ring (bicyclic) bond motifs is 2. The zero-order valence-electron chi connectivity index (χ0n) is 20.5. The molecule has 2 aromatic rings. The SMILES string of the molecule is CCCN(CCCCCCNCC1COc2ccccc2O1)C1CCc2c(ccc(O)c2O)C1. The lowest BCUT2D eigenvalue weighted by molar-refractivity contribution is 0.0905. The Bertz CT molecular complexity index is 919. The van der Waals surface area contributed by atoms with Crippen molar-refractivity contribution in [3.05, 3.63) is 47.5 Å². The van der Waals surface area contributed by atoms with Crippen LogP contribution in [0.5, 0.6) is 23.0 Å². The van der Waals surface area contributed by atoms with Gasteiger partial charge in [0.25, 0.3) is 0 Å². The third kappa shape index (κ3) is 6.36. The van der Waals surface area contributed by atoms with Gasteiger partial charge in [0, 0.05) is 18.2 Å². The van der Waals surface area contributed by atoms with Crippen molar-refractivity contribution in [2.45, 2.75) is 70.4 Å². The zero-order chi connectivity index (χ0) is 23.8. The van der Waals surface area contributed by atoms with Crippen molar-refractivity contribution in [1.29, 1.82) is 0 Å². The smallest absolute Gasteiger partial charge is 0.161 e. The molecule has 0 radical (unpaired) electrons. The first-order chi connectivity index (χ1) is 16.7. The fourth-order valence-electron chi connectivity index (χ4n) is 5.22. The third-order valence-corrected chi connectivity index (χ3v) is 7.06. The Morgan fingerprint density at radius 1 is 1.00 bits per heavy atom. The summed E-state index contributed by atoms with van der Waals surface area (Å²) in [5, 5.41) is 23.5. The van der Waals surface area contributed by atoms with E-state index in [0.29, 0.717) is 12.6 Å². The average Bonchev–Trinajstić information content (AvgIpc) is 2.87. The molecule has 0 bridgehead atoms. The van der Waals surface area contributed by atoms with E-state index in [9.17, 15) is 10.2 Å². The second-order valence-corrected chi connectivity index (χ2v) is 9.62. The first-order valence-corrected chi connectivity index (χ1v) is 13.0. The molecule has 34 heavy (non-hydrogen) atoms. The number of benzene rings is 2. The standard InChI is InChI=1S/C28H40N2O4/c1-2-16-30(22-12-13-24-21(18-22)11-14-25(31)28(24)32)17-8-4-3-7-15-29-19-23-20-33-26-9-5-6-10-27(26)34-23/h5-6,9-11,14,22-23,29,31-32H,2-4,7-8,12-13,15-20H2,1H3. The van der Waals surface area contributed by atoms with E-state index < -0.39 is 0 Å². The monoisotopic (exact) mass is 468 g/mol. The van der Waals surface area contributed by atoms with Gasteiger partial charge in [0.1, 0.15) is 12.7 Å². The van der Waals surface area contributed by atoms with Crippen LogP contribution in [0.4, 0.5) is 0 Å². The van der Waals surface area contributed by atoms with Crippen molar-refractivity contribution in [1.82, 2.24) is 10.2 Å². The fraction of sp³-hybridized carbons (Fsp3) is 0.571. The number of phenols is 2. The Kier molecular flexibility index (Phi) is 8.94. The van der Waals surface area contributed by atoms with Crippen LogP contribution in [0.25, 0.3) is 0 Å². The molecule has 4 rings (SSSR count). The largest absolute Gasteiger partial charge is 0.504 e. The van der Waals surface area contributed by atoms with Crippen molar-refractivity contribution in [3.8, 4) is 23.0 Å². The van der Waals surface area contributed by atoms with E-state index in [2.05, 4.69) is 17.1 Å². The highest BCUT2D eigenvalue weighted by atomic mass is 16.6. The normalized spacial score (nSPS) is 19.2. The molecule has 2 aliphatic rings. The lowest BCUT2D eigenvalue weighted by Crippen LogP contribution is -2.40. The highest BCUT2D eigenvalue weighted by Crippen LogP contribution is 2.37. The van der Waals surface area contributed by atoms with E-state index >= 15 is 0 Å². The molecule has 0 saturated heterocycles.